The summed E-state index contributed by atoms with van der Waals surface area (Å²) in [5, 5.41) is 2.24. The smallest absolute Gasteiger partial charge is 0.252 e. The number of benzene rings is 8. The zero-order chi connectivity index (χ0) is 57.5. The van der Waals surface area contributed by atoms with Crippen LogP contribution in [0.25, 0.3) is 21.9 Å². The Hall–Kier alpha value is -6.98. The van der Waals surface area contributed by atoms with Crippen molar-refractivity contribution in [2.45, 2.75) is 182 Å². The van der Waals surface area contributed by atoms with Gasteiger partial charge in [0.15, 0.2) is 5.58 Å². The van der Waals surface area contributed by atoms with E-state index in [4.69, 9.17) is 4.42 Å². The topological polar surface area (TPSA) is 22.9 Å². The van der Waals surface area contributed by atoms with Crippen LogP contribution in [0.3, 0.4) is 0 Å². The first-order valence-electron chi connectivity index (χ1n) is 30.1. The lowest BCUT2D eigenvalue weighted by Gasteiger charge is -2.48. The zero-order valence-corrected chi connectivity index (χ0v) is 51.8. The molecule has 2 aliphatic carbocycles. The Kier molecular flexibility index (Phi) is 11.5. The molecule has 8 aromatic carbocycles. The van der Waals surface area contributed by atoms with Gasteiger partial charge in [0.2, 0.25) is 0 Å². The fourth-order valence-electron chi connectivity index (χ4n) is 15.1. The average Bonchev–Trinajstić information content (AvgIpc) is 4.08. The van der Waals surface area contributed by atoms with Gasteiger partial charge in [-0.3, -0.25) is 0 Å². The molecule has 2 aliphatic heterocycles. The maximum Gasteiger partial charge on any atom is 0.252 e. The number of para-hydroxylation sites is 2. The van der Waals surface area contributed by atoms with Crippen LogP contribution in [0.2, 0.25) is 0 Å². The van der Waals surface area contributed by atoms with Crippen LogP contribution in [-0.4, -0.2) is 6.71 Å². The van der Waals surface area contributed by atoms with Crippen molar-refractivity contribution in [1.82, 2.24) is 0 Å². The minimum atomic E-state index is -0.192. The van der Waals surface area contributed by atoms with Crippen molar-refractivity contribution in [3.05, 3.63) is 190 Å². The lowest BCUT2D eigenvalue weighted by Crippen LogP contribution is -2.62. The van der Waals surface area contributed by atoms with E-state index in [9.17, 15) is 0 Å². The van der Waals surface area contributed by atoms with Crippen LogP contribution in [0.5, 0.6) is 0 Å². The van der Waals surface area contributed by atoms with E-state index in [2.05, 4.69) is 285 Å². The molecular formula is C76H84BN3O. The van der Waals surface area contributed by atoms with Gasteiger partial charge in [-0.2, -0.15) is 0 Å². The van der Waals surface area contributed by atoms with E-state index < -0.39 is 0 Å². The normalized spacial score (nSPS) is 17.4. The average molecular weight is 1070 g/mol. The Morgan fingerprint density at radius 3 is 1.48 bits per heavy atom. The number of furan rings is 1. The van der Waals surface area contributed by atoms with Gasteiger partial charge >= 0.3 is 0 Å². The second kappa shape index (κ2) is 17.5. The van der Waals surface area contributed by atoms with Crippen LogP contribution < -0.4 is 31.1 Å². The molecule has 4 aliphatic rings. The molecule has 3 heterocycles. The first-order chi connectivity index (χ1) is 37.9. The fourth-order valence-corrected chi connectivity index (χ4v) is 15.1. The number of hydrogen-bond acceptors (Lipinski definition) is 4. The molecule has 412 valence electrons. The van der Waals surface area contributed by atoms with Crippen LogP contribution in [0.4, 0.5) is 51.2 Å². The van der Waals surface area contributed by atoms with Crippen LogP contribution in [0, 0.1) is 6.92 Å². The molecule has 0 N–H and O–H groups in total. The number of fused-ring (bicyclic) bond motifs is 9. The maximum atomic E-state index is 7.14. The van der Waals surface area contributed by atoms with Gasteiger partial charge in [0.1, 0.15) is 5.58 Å². The summed E-state index contributed by atoms with van der Waals surface area (Å²) in [6, 6.07) is 57.0. The molecule has 0 bridgehead atoms. The monoisotopic (exact) mass is 1070 g/mol. The van der Waals surface area contributed by atoms with Crippen molar-refractivity contribution >= 4 is 96.2 Å². The fraction of sp³-hybridized carbons (Fsp3) is 0.368. The molecule has 0 atom stereocenters. The molecule has 0 saturated heterocycles. The van der Waals surface area contributed by atoms with E-state index in [0.29, 0.717) is 0 Å². The molecule has 81 heavy (non-hydrogen) atoms. The van der Waals surface area contributed by atoms with Crippen molar-refractivity contribution in [2.24, 2.45) is 0 Å². The van der Waals surface area contributed by atoms with E-state index in [1.165, 1.54) is 83.6 Å². The van der Waals surface area contributed by atoms with Crippen molar-refractivity contribution in [2.75, 3.05) is 14.7 Å². The molecular weight excluding hydrogens is 982 g/mol. The number of hydrogen-bond donors (Lipinski definition) is 0. The van der Waals surface area contributed by atoms with E-state index >= 15 is 0 Å². The van der Waals surface area contributed by atoms with Crippen molar-refractivity contribution in [3.8, 4) is 0 Å². The molecule has 0 spiro atoms. The molecule has 0 amide bonds. The van der Waals surface area contributed by atoms with Gasteiger partial charge in [0.05, 0.1) is 5.69 Å². The number of nitrogens with zero attached hydrogens (tertiary/aromatic N) is 3. The largest absolute Gasteiger partial charge is 0.454 e. The summed E-state index contributed by atoms with van der Waals surface area (Å²) in [5.41, 5.74) is 27.5. The molecule has 0 saturated carbocycles. The maximum absolute atomic E-state index is 7.14. The summed E-state index contributed by atoms with van der Waals surface area (Å²) in [7, 11) is 0. The summed E-state index contributed by atoms with van der Waals surface area (Å²) in [4.78, 5) is 7.81. The van der Waals surface area contributed by atoms with Gasteiger partial charge in [0.25, 0.3) is 6.71 Å². The SMILES string of the molecule is Cc1cc2c(cc1N1c3cc4c(cc3B3c5ccc(N(c6ccc(C(C)(C)C)cc6)c6ccc(C(C)(C)C)cc6)cc5N(c5cccc6c5oc5ccccc56)c5cc(C(C)(C)C)cc1c53)C(C)(C)CCC4(C)C)C(C)(C)CC2(C)C. The van der Waals surface area contributed by atoms with Gasteiger partial charge in [-0.15, -0.1) is 0 Å². The second-order valence-corrected chi connectivity index (χ2v) is 30.6. The molecule has 0 fully saturated rings. The van der Waals surface area contributed by atoms with E-state index in [1.807, 2.05) is 0 Å². The van der Waals surface area contributed by atoms with Crippen LogP contribution >= 0.6 is 0 Å². The number of rotatable bonds is 5. The van der Waals surface area contributed by atoms with Crippen molar-refractivity contribution in [1.29, 1.82) is 0 Å². The van der Waals surface area contributed by atoms with Crippen molar-refractivity contribution < 1.29 is 4.42 Å². The standard InChI is InChI=1S/C76H84BN3O/c1-46-38-55-58(76(17,18)45-75(55,15)16)43-62(46)80-64-44-57-56(73(11,12)36-37-74(57,13)14)42-60(64)77-59-35-34-52(78(50-30-26-47(27-31-50)70(2,3)4)51-32-28-48(29-33-51)71(5,6)7)41-63(59)79(65-39-49(72(8,9)10)40-66(80)68(65)77)61-24-21-23-54-53-22-19-20-25-67(53)81-69(54)61/h19-35,38-44H,36-37,45H2,1-18H3. The van der Waals surface area contributed by atoms with Gasteiger partial charge in [-0.05, 0) is 198 Å². The molecule has 0 radical (unpaired) electrons. The predicted octanol–water partition coefficient (Wildman–Crippen LogP) is 19.6. The third-order valence-corrected chi connectivity index (χ3v) is 19.7. The van der Waals surface area contributed by atoms with Gasteiger partial charge in [0, 0.05) is 56.3 Å². The predicted molar refractivity (Wildman–Crippen MR) is 349 cm³/mol. The molecule has 4 nitrogen and oxygen atoms in total. The molecule has 1 aromatic heterocycles. The summed E-state index contributed by atoms with van der Waals surface area (Å²) in [5.74, 6) is 0. The zero-order valence-electron chi connectivity index (χ0n) is 51.8. The summed E-state index contributed by atoms with van der Waals surface area (Å²) < 4.78 is 7.14. The number of anilines is 9. The quantitative estimate of drug-likeness (QED) is 0.160. The van der Waals surface area contributed by atoms with E-state index in [-0.39, 0.29) is 44.6 Å². The highest BCUT2D eigenvalue weighted by atomic mass is 16.3. The Balaban J connectivity index is 1.16. The third kappa shape index (κ3) is 8.35. The second-order valence-electron chi connectivity index (χ2n) is 30.6. The molecule has 0 unspecified atom stereocenters. The Morgan fingerprint density at radius 1 is 0.420 bits per heavy atom. The van der Waals surface area contributed by atoms with Gasteiger partial charge < -0.3 is 19.1 Å². The van der Waals surface area contributed by atoms with Crippen LogP contribution in [0.15, 0.2) is 150 Å². The van der Waals surface area contributed by atoms with Crippen molar-refractivity contribution in [3.63, 3.8) is 0 Å². The molecule has 13 rings (SSSR count). The summed E-state index contributed by atoms with van der Waals surface area (Å²) >= 11 is 0. The lowest BCUT2D eigenvalue weighted by atomic mass is 9.33. The highest BCUT2D eigenvalue weighted by Gasteiger charge is 2.49. The van der Waals surface area contributed by atoms with Crippen LogP contribution in [0.1, 0.15) is 181 Å². The van der Waals surface area contributed by atoms with E-state index in [1.54, 1.807) is 0 Å². The Morgan fingerprint density at radius 2 is 0.901 bits per heavy atom. The third-order valence-electron chi connectivity index (χ3n) is 19.7. The highest BCUT2D eigenvalue weighted by molar-refractivity contribution is 7.00. The minimum absolute atomic E-state index is 0.00108. The van der Waals surface area contributed by atoms with Gasteiger partial charge in [-0.1, -0.05) is 190 Å². The summed E-state index contributed by atoms with van der Waals surface area (Å²) in [6.07, 6.45) is 3.41. The van der Waals surface area contributed by atoms with E-state index in [0.717, 1.165) is 69.6 Å². The van der Waals surface area contributed by atoms with Gasteiger partial charge in [-0.25, -0.2) is 0 Å². The Labute approximate surface area is 484 Å². The molecule has 5 heteroatoms. The first kappa shape index (κ1) is 53.3. The summed E-state index contributed by atoms with van der Waals surface area (Å²) in [6.45, 7) is 43.1. The molecule has 9 aromatic rings. The highest BCUT2D eigenvalue weighted by Crippen LogP contribution is 2.56. The lowest BCUT2D eigenvalue weighted by molar-refractivity contribution is 0.332. The van der Waals surface area contributed by atoms with Crippen LogP contribution in [-0.2, 0) is 37.9 Å². The minimum Gasteiger partial charge on any atom is -0.454 e. The first-order valence-corrected chi connectivity index (χ1v) is 30.1. The Bertz CT molecular complexity index is 3990. The number of aryl methyl sites for hydroxylation is 1.